The van der Waals surface area contributed by atoms with Gasteiger partial charge in [-0.2, -0.15) is 0 Å². The Labute approximate surface area is 223 Å². The van der Waals surface area contributed by atoms with Crippen molar-refractivity contribution in [3.8, 4) is 20.9 Å². The molecule has 10 heteroatoms. The topological polar surface area (TPSA) is 105 Å². The number of amides is 2. The van der Waals surface area contributed by atoms with Crippen LogP contribution in [0.1, 0.15) is 26.3 Å². The van der Waals surface area contributed by atoms with Crippen LogP contribution in [0.2, 0.25) is 0 Å². The average molecular weight is 550 g/mol. The maximum absolute atomic E-state index is 12.8. The summed E-state index contributed by atoms with van der Waals surface area (Å²) in [5, 5.41) is 2.80. The third-order valence-corrected chi connectivity index (χ3v) is 9.18. The van der Waals surface area contributed by atoms with Crippen LogP contribution in [-0.2, 0) is 14.8 Å². The summed E-state index contributed by atoms with van der Waals surface area (Å²) in [6, 6.07) is 18.5. The van der Waals surface area contributed by atoms with Crippen LogP contribution in [0.25, 0.3) is 37.9 Å². The van der Waals surface area contributed by atoms with Gasteiger partial charge >= 0.3 is 0 Å². The summed E-state index contributed by atoms with van der Waals surface area (Å²) in [6.07, 6.45) is 3.44. The second-order valence-electron chi connectivity index (χ2n) is 9.53. The van der Waals surface area contributed by atoms with Crippen molar-refractivity contribution < 1.29 is 18.0 Å². The van der Waals surface area contributed by atoms with E-state index in [1.165, 1.54) is 0 Å². The number of fused-ring (bicyclic) bond motifs is 1. The summed E-state index contributed by atoms with van der Waals surface area (Å²) >= 11 is 2.44. The fraction of sp³-hybridized carbons (Fsp3) is 0.148. The lowest BCUT2D eigenvalue weighted by molar-refractivity contribution is -0.115. The van der Waals surface area contributed by atoms with Gasteiger partial charge in [-0.25, -0.2) is 13.1 Å². The minimum atomic E-state index is -3.66. The van der Waals surface area contributed by atoms with Crippen molar-refractivity contribution in [2.24, 2.45) is 0 Å². The van der Waals surface area contributed by atoms with Gasteiger partial charge < -0.3 is 0 Å². The number of sulfonamides is 1. The van der Waals surface area contributed by atoms with Gasteiger partial charge in [0, 0.05) is 32.4 Å². The lowest BCUT2D eigenvalue weighted by Gasteiger charge is -2.20. The normalized spacial score (nSPS) is 15.5. The molecule has 7 nitrogen and oxygen atoms in total. The first kappa shape index (κ1) is 25.3. The predicted molar refractivity (Wildman–Crippen MR) is 150 cm³/mol. The third kappa shape index (κ3) is 5.52. The molecule has 1 aliphatic rings. The van der Waals surface area contributed by atoms with Crippen molar-refractivity contribution in [1.29, 1.82) is 0 Å². The molecule has 1 saturated heterocycles. The Bertz CT molecular complexity index is 1700. The number of rotatable bonds is 5. The maximum atomic E-state index is 12.8. The SMILES string of the molecule is CC(C)(C)NS(=O)(=O)c1cccc(-c2ccc(-c3ccnc4ccc(C=C5SC(=O)NC5=O)cc34)s2)c1. The van der Waals surface area contributed by atoms with Gasteiger partial charge in [0.2, 0.25) is 10.0 Å². The number of carbonyl (C=O) groups excluding carboxylic acids is 2. The predicted octanol–water partition coefficient (Wildman–Crippen LogP) is 6.03. The van der Waals surface area contributed by atoms with Crippen LogP contribution in [0.5, 0.6) is 0 Å². The van der Waals surface area contributed by atoms with Crippen molar-refractivity contribution in [3.63, 3.8) is 0 Å². The number of hydrogen-bond acceptors (Lipinski definition) is 7. The van der Waals surface area contributed by atoms with Crippen LogP contribution in [-0.4, -0.2) is 30.1 Å². The van der Waals surface area contributed by atoms with Gasteiger partial charge in [-0.15, -0.1) is 11.3 Å². The van der Waals surface area contributed by atoms with Gasteiger partial charge in [-0.3, -0.25) is 19.9 Å². The molecule has 0 radical (unpaired) electrons. The molecule has 0 bridgehead atoms. The van der Waals surface area contributed by atoms with E-state index in [2.05, 4.69) is 15.0 Å². The molecule has 2 aromatic carbocycles. The molecule has 2 amide bonds. The van der Waals surface area contributed by atoms with E-state index in [0.29, 0.717) is 4.91 Å². The van der Waals surface area contributed by atoms with Gasteiger partial charge in [0.1, 0.15) is 0 Å². The van der Waals surface area contributed by atoms with Crippen LogP contribution >= 0.6 is 23.1 Å². The van der Waals surface area contributed by atoms with Crippen molar-refractivity contribution in [1.82, 2.24) is 15.0 Å². The number of pyridine rings is 1. The number of imide groups is 1. The highest BCUT2D eigenvalue weighted by molar-refractivity contribution is 8.18. The summed E-state index contributed by atoms with van der Waals surface area (Å²) in [6.45, 7) is 5.42. The number of nitrogens with zero attached hydrogens (tertiary/aromatic N) is 1. The lowest BCUT2D eigenvalue weighted by atomic mass is 10.0. The van der Waals surface area contributed by atoms with Gasteiger partial charge in [0.25, 0.3) is 11.1 Å². The molecule has 1 aliphatic heterocycles. The fourth-order valence-corrected chi connectivity index (χ4v) is 7.15. The maximum Gasteiger partial charge on any atom is 0.290 e. The van der Waals surface area contributed by atoms with Gasteiger partial charge in [0.15, 0.2) is 0 Å². The molecular weight excluding hydrogens is 527 g/mol. The molecule has 0 saturated carbocycles. The largest absolute Gasteiger partial charge is 0.290 e. The van der Waals surface area contributed by atoms with Crippen molar-refractivity contribution in [3.05, 3.63) is 77.3 Å². The molecule has 1 fully saturated rings. The highest BCUT2D eigenvalue weighted by atomic mass is 32.2. The number of aromatic nitrogens is 1. The third-order valence-electron chi connectivity index (χ3n) is 5.45. The molecule has 0 atom stereocenters. The van der Waals surface area contributed by atoms with E-state index in [4.69, 9.17) is 0 Å². The molecule has 37 heavy (non-hydrogen) atoms. The Morgan fingerprint density at radius 1 is 0.973 bits per heavy atom. The molecule has 5 rings (SSSR count). The second kappa shape index (κ2) is 9.53. The quantitative estimate of drug-likeness (QED) is 0.295. The molecule has 188 valence electrons. The zero-order chi connectivity index (χ0) is 26.4. The monoisotopic (exact) mass is 549 g/mol. The van der Waals surface area contributed by atoms with Gasteiger partial charge in [-0.05, 0) is 92.2 Å². The molecule has 0 unspecified atom stereocenters. The first-order valence-corrected chi connectivity index (χ1v) is 14.5. The van der Waals surface area contributed by atoms with Crippen LogP contribution in [0, 0.1) is 0 Å². The minimum Gasteiger partial charge on any atom is -0.282 e. The Balaban J connectivity index is 1.51. The molecular formula is C27H23N3O4S3. The second-order valence-corrected chi connectivity index (χ2v) is 13.3. The standard InChI is InChI=1S/C27H23N3O4S3/c1-27(2,3)30-37(33,34)18-6-4-5-17(15-18)22-9-10-23(35-22)19-11-12-28-21-8-7-16(13-20(19)21)14-24-25(31)29-26(32)36-24/h4-15,30H,1-3H3,(H,29,31,32). The highest BCUT2D eigenvalue weighted by Gasteiger charge is 2.25. The number of benzene rings is 2. The van der Waals surface area contributed by atoms with Crippen LogP contribution in [0.15, 0.2) is 76.7 Å². The number of carbonyl (C=O) groups is 2. The zero-order valence-corrected chi connectivity index (χ0v) is 22.7. The smallest absolute Gasteiger partial charge is 0.282 e. The van der Waals surface area contributed by atoms with Gasteiger partial charge in [-0.1, -0.05) is 18.2 Å². The van der Waals surface area contributed by atoms with Crippen molar-refractivity contribution in [2.45, 2.75) is 31.2 Å². The highest BCUT2D eigenvalue weighted by Crippen LogP contribution is 2.38. The van der Waals surface area contributed by atoms with Crippen LogP contribution in [0.4, 0.5) is 4.79 Å². The van der Waals surface area contributed by atoms with E-state index in [0.717, 1.165) is 49.1 Å². The van der Waals surface area contributed by atoms with E-state index in [1.807, 2.05) is 63.2 Å². The lowest BCUT2D eigenvalue weighted by Crippen LogP contribution is -2.40. The van der Waals surface area contributed by atoms with Crippen molar-refractivity contribution in [2.75, 3.05) is 0 Å². The van der Waals surface area contributed by atoms with E-state index in [9.17, 15) is 18.0 Å². The van der Waals surface area contributed by atoms with Crippen LogP contribution < -0.4 is 10.0 Å². The Kier molecular flexibility index (Phi) is 6.53. The molecule has 2 aromatic heterocycles. The van der Waals surface area contributed by atoms with Crippen LogP contribution in [0.3, 0.4) is 0 Å². The summed E-state index contributed by atoms with van der Waals surface area (Å²) in [5.74, 6) is -0.397. The fourth-order valence-electron chi connectivity index (χ4n) is 3.96. The summed E-state index contributed by atoms with van der Waals surface area (Å²) < 4.78 is 28.4. The Hall–Kier alpha value is -3.31. The Morgan fingerprint density at radius 3 is 2.49 bits per heavy atom. The number of hydrogen-bond donors (Lipinski definition) is 2. The molecule has 2 N–H and O–H groups in total. The molecule has 0 aliphatic carbocycles. The average Bonchev–Trinajstić information content (AvgIpc) is 3.43. The molecule has 0 spiro atoms. The number of thiophene rings is 1. The van der Waals surface area contributed by atoms with E-state index >= 15 is 0 Å². The number of thioether (sulfide) groups is 1. The first-order chi connectivity index (χ1) is 17.5. The first-order valence-electron chi connectivity index (χ1n) is 11.4. The number of nitrogens with one attached hydrogen (secondary N) is 2. The summed E-state index contributed by atoms with van der Waals surface area (Å²) in [4.78, 5) is 30.4. The molecule has 3 heterocycles. The van der Waals surface area contributed by atoms with E-state index in [-0.39, 0.29) is 10.1 Å². The van der Waals surface area contributed by atoms with Gasteiger partial charge in [0.05, 0.1) is 15.3 Å². The van der Waals surface area contributed by atoms with Crippen molar-refractivity contribution >= 4 is 61.2 Å². The Morgan fingerprint density at radius 2 is 1.76 bits per heavy atom. The summed E-state index contributed by atoms with van der Waals surface area (Å²) in [5.41, 5.74) is 2.79. The zero-order valence-electron chi connectivity index (χ0n) is 20.2. The van der Waals surface area contributed by atoms with E-state index in [1.54, 1.807) is 41.8 Å². The summed E-state index contributed by atoms with van der Waals surface area (Å²) in [7, 11) is -3.66. The van der Waals surface area contributed by atoms with E-state index < -0.39 is 21.5 Å². The minimum absolute atomic E-state index is 0.217. The molecule has 4 aromatic rings.